The number of nitrogens with one attached hydrogen (secondary N) is 1. The molecule has 0 heterocycles. The van der Waals surface area contributed by atoms with Gasteiger partial charge in [-0.05, 0) is 31.5 Å². The maximum absolute atomic E-state index is 12.7. The van der Waals surface area contributed by atoms with Crippen molar-refractivity contribution < 1.29 is 18.0 Å². The summed E-state index contributed by atoms with van der Waals surface area (Å²) in [4.78, 5) is 11.7. The average molecular weight is 311 g/mol. The Bertz CT molecular complexity index is 475. The molecule has 7 heteroatoms. The second-order valence-electron chi connectivity index (χ2n) is 4.66. The molecule has 20 heavy (non-hydrogen) atoms. The quantitative estimate of drug-likeness (QED) is 0.899. The summed E-state index contributed by atoms with van der Waals surface area (Å²) in [5.74, 6) is -0.873. The van der Waals surface area contributed by atoms with E-state index in [0.29, 0.717) is 0 Å². The van der Waals surface area contributed by atoms with Crippen LogP contribution in [0.4, 0.5) is 18.9 Å². The topological polar surface area (TPSA) is 55.1 Å². The molecular formula is C13H18ClF3N2O. The molecule has 0 aliphatic carbocycles. The number of carbonyl (C=O) groups excluding carboxylic acids is 1. The van der Waals surface area contributed by atoms with Crippen LogP contribution in [0.15, 0.2) is 18.2 Å². The number of alkyl halides is 3. The average Bonchev–Trinajstić information content (AvgIpc) is 2.28. The first-order valence-corrected chi connectivity index (χ1v) is 5.87. The number of aryl methyl sites for hydroxylation is 1. The lowest BCUT2D eigenvalue weighted by molar-refractivity contribution is -0.138. The van der Waals surface area contributed by atoms with E-state index >= 15 is 0 Å². The van der Waals surface area contributed by atoms with Gasteiger partial charge in [0.05, 0.1) is 11.5 Å². The van der Waals surface area contributed by atoms with Crippen molar-refractivity contribution in [3.8, 4) is 0 Å². The molecule has 0 radical (unpaired) electrons. The number of amides is 1. The molecule has 0 aliphatic heterocycles. The van der Waals surface area contributed by atoms with Crippen LogP contribution in [0.1, 0.15) is 25.0 Å². The van der Waals surface area contributed by atoms with Crippen LogP contribution in [0, 0.1) is 12.8 Å². The normalized spacial score (nSPS) is 14.2. The first-order valence-electron chi connectivity index (χ1n) is 5.87. The molecule has 1 aromatic carbocycles. The second kappa shape index (κ2) is 6.95. The third-order valence-corrected chi connectivity index (χ3v) is 3.01. The molecule has 0 aliphatic rings. The molecule has 2 atom stereocenters. The van der Waals surface area contributed by atoms with Crippen LogP contribution in [-0.4, -0.2) is 11.9 Å². The Balaban J connectivity index is 0.00000361. The Kier molecular flexibility index (Phi) is 6.50. The number of rotatable bonds is 3. The lowest BCUT2D eigenvalue weighted by Crippen LogP contribution is -2.34. The predicted molar refractivity (Wildman–Crippen MR) is 74.9 cm³/mol. The van der Waals surface area contributed by atoms with Gasteiger partial charge >= 0.3 is 6.18 Å². The van der Waals surface area contributed by atoms with E-state index < -0.39 is 23.6 Å². The van der Waals surface area contributed by atoms with Gasteiger partial charge in [-0.15, -0.1) is 12.4 Å². The molecule has 1 amide bonds. The number of hydrogen-bond donors (Lipinski definition) is 2. The number of halogens is 4. The molecule has 1 rings (SSSR count). The summed E-state index contributed by atoms with van der Waals surface area (Å²) in [5, 5.41) is 2.44. The molecule has 0 saturated carbocycles. The fraction of sp³-hybridized carbons (Fsp3) is 0.462. The van der Waals surface area contributed by atoms with Gasteiger partial charge in [-0.1, -0.05) is 13.0 Å². The first kappa shape index (κ1) is 18.7. The molecule has 0 saturated heterocycles. The Labute approximate surface area is 122 Å². The van der Waals surface area contributed by atoms with Gasteiger partial charge in [0.15, 0.2) is 0 Å². The third-order valence-electron chi connectivity index (χ3n) is 3.01. The smallest absolute Gasteiger partial charge is 0.327 e. The van der Waals surface area contributed by atoms with Crippen LogP contribution in [-0.2, 0) is 11.0 Å². The highest BCUT2D eigenvalue weighted by atomic mass is 35.5. The van der Waals surface area contributed by atoms with Crippen molar-refractivity contribution in [1.29, 1.82) is 0 Å². The summed E-state index contributed by atoms with van der Waals surface area (Å²) in [6, 6.07) is 3.33. The van der Waals surface area contributed by atoms with Gasteiger partial charge in [-0.3, -0.25) is 4.79 Å². The number of carbonyl (C=O) groups is 1. The second-order valence-corrected chi connectivity index (χ2v) is 4.66. The molecule has 3 nitrogen and oxygen atoms in total. The van der Waals surface area contributed by atoms with Crippen molar-refractivity contribution in [1.82, 2.24) is 0 Å². The summed E-state index contributed by atoms with van der Waals surface area (Å²) >= 11 is 0. The van der Waals surface area contributed by atoms with E-state index in [1.807, 2.05) is 0 Å². The third kappa shape index (κ3) is 4.68. The summed E-state index contributed by atoms with van der Waals surface area (Å²) in [5.41, 5.74) is 5.06. The number of benzene rings is 1. The number of anilines is 1. The van der Waals surface area contributed by atoms with Crippen LogP contribution in [0.25, 0.3) is 0 Å². The molecule has 0 aromatic heterocycles. The highest BCUT2D eigenvalue weighted by molar-refractivity contribution is 5.92. The lowest BCUT2D eigenvalue weighted by Gasteiger charge is -2.17. The zero-order valence-corrected chi connectivity index (χ0v) is 12.2. The van der Waals surface area contributed by atoms with Gasteiger partial charge in [0.25, 0.3) is 0 Å². The van der Waals surface area contributed by atoms with Gasteiger partial charge in [-0.25, -0.2) is 0 Å². The number of nitrogens with two attached hydrogens (primary N) is 1. The predicted octanol–water partition coefficient (Wildman–Crippen LogP) is 3.36. The largest absolute Gasteiger partial charge is 0.416 e. The maximum Gasteiger partial charge on any atom is 0.416 e. The van der Waals surface area contributed by atoms with Gasteiger partial charge in [0, 0.05) is 11.7 Å². The fourth-order valence-electron chi connectivity index (χ4n) is 1.50. The van der Waals surface area contributed by atoms with Crippen molar-refractivity contribution in [3.63, 3.8) is 0 Å². The fourth-order valence-corrected chi connectivity index (χ4v) is 1.50. The molecule has 0 spiro atoms. The minimum atomic E-state index is -4.43. The zero-order chi connectivity index (χ0) is 14.8. The van der Waals surface area contributed by atoms with E-state index in [9.17, 15) is 18.0 Å². The minimum absolute atomic E-state index is 0. The molecule has 0 fully saturated rings. The van der Waals surface area contributed by atoms with Gasteiger partial charge in [0.2, 0.25) is 5.91 Å². The van der Waals surface area contributed by atoms with Gasteiger partial charge in [-0.2, -0.15) is 13.2 Å². The van der Waals surface area contributed by atoms with Crippen LogP contribution in [0.2, 0.25) is 0 Å². The van der Waals surface area contributed by atoms with E-state index in [1.165, 1.54) is 19.1 Å². The monoisotopic (exact) mass is 310 g/mol. The highest BCUT2D eigenvalue weighted by Crippen LogP contribution is 2.33. The van der Waals surface area contributed by atoms with Crippen molar-refractivity contribution in [2.45, 2.75) is 33.0 Å². The molecule has 2 unspecified atom stereocenters. The van der Waals surface area contributed by atoms with E-state index in [4.69, 9.17) is 5.73 Å². The Morgan fingerprint density at radius 1 is 1.30 bits per heavy atom. The maximum atomic E-state index is 12.7. The minimum Gasteiger partial charge on any atom is -0.327 e. The highest BCUT2D eigenvalue weighted by Gasteiger charge is 2.32. The summed E-state index contributed by atoms with van der Waals surface area (Å²) in [7, 11) is 0. The van der Waals surface area contributed by atoms with E-state index in [0.717, 1.165) is 6.07 Å². The summed E-state index contributed by atoms with van der Waals surface area (Å²) < 4.78 is 38.2. The number of hydrogen-bond acceptors (Lipinski definition) is 2. The van der Waals surface area contributed by atoms with Crippen molar-refractivity contribution in [2.75, 3.05) is 5.32 Å². The zero-order valence-electron chi connectivity index (χ0n) is 11.4. The van der Waals surface area contributed by atoms with Crippen LogP contribution in [0.5, 0.6) is 0 Å². The standard InChI is InChI=1S/C13H17F3N2O.ClH/c1-7-4-5-10(6-11(7)13(14,15)16)18-12(19)8(2)9(3)17;/h4-6,8-9H,17H2,1-3H3,(H,18,19);1H. The molecule has 1 aromatic rings. The SMILES string of the molecule is Cc1ccc(NC(=O)C(C)C(C)N)cc1C(F)(F)F.Cl. The van der Waals surface area contributed by atoms with E-state index in [1.54, 1.807) is 13.8 Å². The summed E-state index contributed by atoms with van der Waals surface area (Å²) in [6.45, 7) is 4.67. The Morgan fingerprint density at radius 2 is 1.85 bits per heavy atom. The van der Waals surface area contributed by atoms with E-state index in [2.05, 4.69) is 5.32 Å². The molecule has 0 bridgehead atoms. The first-order chi connectivity index (χ1) is 8.62. The Morgan fingerprint density at radius 3 is 2.30 bits per heavy atom. The van der Waals surface area contributed by atoms with Crippen molar-refractivity contribution in [2.24, 2.45) is 11.7 Å². The molecule has 114 valence electrons. The lowest BCUT2D eigenvalue weighted by atomic mass is 10.0. The molecular weight excluding hydrogens is 293 g/mol. The summed E-state index contributed by atoms with van der Waals surface area (Å²) in [6.07, 6.45) is -4.43. The van der Waals surface area contributed by atoms with E-state index in [-0.39, 0.29) is 29.7 Å². The van der Waals surface area contributed by atoms with Crippen molar-refractivity contribution >= 4 is 24.0 Å². The van der Waals surface area contributed by atoms with Crippen LogP contribution in [0.3, 0.4) is 0 Å². The van der Waals surface area contributed by atoms with Crippen LogP contribution < -0.4 is 11.1 Å². The van der Waals surface area contributed by atoms with Gasteiger partial charge < -0.3 is 11.1 Å². The van der Waals surface area contributed by atoms with Crippen molar-refractivity contribution in [3.05, 3.63) is 29.3 Å². The molecule has 3 N–H and O–H groups in total. The van der Waals surface area contributed by atoms with Gasteiger partial charge in [0.1, 0.15) is 0 Å². The van der Waals surface area contributed by atoms with Crippen LogP contribution >= 0.6 is 12.4 Å². The Hall–Kier alpha value is -1.27.